The molecule has 0 aliphatic carbocycles. The number of piperidine rings is 1. The first-order chi connectivity index (χ1) is 24.2. The first-order valence-electron chi connectivity index (χ1n) is 17.1. The highest BCUT2D eigenvalue weighted by Crippen LogP contribution is 2.37. The maximum Gasteiger partial charge on any atom is 0.328 e. The molecule has 0 saturated carbocycles. The van der Waals surface area contributed by atoms with E-state index in [1.807, 2.05) is 45.8 Å². The Hall–Kier alpha value is -5.62. The first-order valence-corrected chi connectivity index (χ1v) is 17.1. The summed E-state index contributed by atoms with van der Waals surface area (Å²) in [5.41, 5.74) is 13.8. The van der Waals surface area contributed by atoms with E-state index in [1.165, 1.54) is 5.57 Å². The molecule has 1 amide bonds. The highest BCUT2D eigenvalue weighted by Gasteiger charge is 2.25. The van der Waals surface area contributed by atoms with Crippen LogP contribution in [0.3, 0.4) is 0 Å². The number of aryl methyl sites for hydroxylation is 3. The van der Waals surface area contributed by atoms with E-state index >= 15 is 0 Å². The predicted molar refractivity (Wildman–Crippen MR) is 196 cm³/mol. The van der Waals surface area contributed by atoms with Crippen LogP contribution in [-0.2, 0) is 21.1 Å². The van der Waals surface area contributed by atoms with E-state index in [9.17, 15) is 9.59 Å². The smallest absolute Gasteiger partial charge is 0.328 e. The molecule has 6 aromatic rings. The van der Waals surface area contributed by atoms with E-state index in [4.69, 9.17) is 10.7 Å². The van der Waals surface area contributed by atoms with Crippen molar-refractivity contribution in [2.24, 2.45) is 32.8 Å². The monoisotopic (exact) mass is 668 g/mol. The van der Waals surface area contributed by atoms with Crippen LogP contribution in [0.5, 0.6) is 0 Å². The molecular formula is C38H40N10O2. The molecule has 0 bridgehead atoms. The minimum Gasteiger partial charge on any atom is -0.364 e. The van der Waals surface area contributed by atoms with Crippen molar-refractivity contribution in [2.45, 2.75) is 19.3 Å². The molecule has 2 aromatic carbocycles. The number of pyridine rings is 1. The molecule has 254 valence electrons. The molecule has 0 unspecified atom stereocenters. The Morgan fingerprint density at radius 2 is 1.76 bits per heavy atom. The molecule has 2 aliphatic heterocycles. The first kappa shape index (κ1) is 31.6. The summed E-state index contributed by atoms with van der Waals surface area (Å²) in [5, 5.41) is 14.7. The molecule has 50 heavy (non-hydrogen) atoms. The summed E-state index contributed by atoms with van der Waals surface area (Å²) < 4.78 is 5.33. The van der Waals surface area contributed by atoms with E-state index in [1.54, 1.807) is 19.9 Å². The van der Waals surface area contributed by atoms with Gasteiger partial charge in [-0.1, -0.05) is 24.3 Å². The van der Waals surface area contributed by atoms with Crippen LogP contribution in [0.15, 0.2) is 78.0 Å². The second-order valence-corrected chi connectivity index (χ2v) is 13.6. The fourth-order valence-corrected chi connectivity index (χ4v) is 7.64. The minimum atomic E-state index is -0.565. The number of primary amides is 1. The maximum absolute atomic E-state index is 13.2. The summed E-state index contributed by atoms with van der Waals surface area (Å²) in [6.07, 6.45) is 11.2. The molecular weight excluding hydrogens is 628 g/mol. The third-order valence-electron chi connectivity index (χ3n) is 10.4. The zero-order valence-corrected chi connectivity index (χ0v) is 28.6. The molecule has 4 aromatic heterocycles. The van der Waals surface area contributed by atoms with E-state index < -0.39 is 5.91 Å². The van der Waals surface area contributed by atoms with Crippen LogP contribution in [0.25, 0.3) is 49.8 Å². The van der Waals surface area contributed by atoms with Gasteiger partial charge in [-0.25, -0.2) is 4.79 Å². The van der Waals surface area contributed by atoms with Gasteiger partial charge in [0, 0.05) is 82.8 Å². The zero-order valence-electron chi connectivity index (χ0n) is 28.6. The van der Waals surface area contributed by atoms with Crippen molar-refractivity contribution in [3.05, 3.63) is 94.9 Å². The standard InChI is InChI=1S/C38H40N10O2/c1-44-23-28(20-41-44)33-18-26-5-4-6-29(31(26)21-40-33)27-17-30(36-34(19-27)45(2)38(50)46(36)3)25-11-13-47(14-12-25)22-24-9-15-48(16-10-24)35-8-7-32(37(39)49)42-43-35/h4-8,11,17-21,23-24H,9-10,12-16,22H2,1-3H3,(H2,39,49). The molecule has 2 aliphatic rings. The fourth-order valence-electron chi connectivity index (χ4n) is 7.64. The normalized spacial score (nSPS) is 16.0. The summed E-state index contributed by atoms with van der Waals surface area (Å²) in [7, 11) is 5.63. The van der Waals surface area contributed by atoms with Crippen molar-refractivity contribution in [3.63, 3.8) is 0 Å². The minimum absolute atomic E-state index is 0.0294. The number of imidazole rings is 1. The summed E-state index contributed by atoms with van der Waals surface area (Å²) in [6, 6.07) is 16.4. The lowest BCUT2D eigenvalue weighted by molar-refractivity contribution is 0.0994. The van der Waals surface area contributed by atoms with Crippen LogP contribution in [-0.4, -0.2) is 77.6 Å². The highest BCUT2D eigenvalue weighted by atomic mass is 16.2. The van der Waals surface area contributed by atoms with Crippen molar-refractivity contribution in [1.82, 2.24) is 39.0 Å². The van der Waals surface area contributed by atoms with Gasteiger partial charge in [0.1, 0.15) is 0 Å². The quantitative estimate of drug-likeness (QED) is 0.265. The molecule has 8 rings (SSSR count). The molecule has 1 fully saturated rings. The average Bonchev–Trinajstić information content (AvgIpc) is 3.68. The SMILES string of the molecule is Cn1cc(-c2cc3cccc(-c4cc(C5=CCN(CC6CCN(c7ccc(C(N)=O)nn7)CC6)CC5)c5c(c4)n(C)c(=O)n5C)c3cn2)cn1. The maximum atomic E-state index is 13.2. The Kier molecular flexibility index (Phi) is 8.02. The summed E-state index contributed by atoms with van der Waals surface area (Å²) in [6.45, 7) is 4.70. The van der Waals surface area contributed by atoms with Crippen LogP contribution in [0.2, 0.25) is 0 Å². The molecule has 0 atom stereocenters. The number of hydrogen-bond donors (Lipinski definition) is 1. The number of rotatable bonds is 7. The van der Waals surface area contributed by atoms with Gasteiger partial charge in [0.2, 0.25) is 0 Å². The van der Waals surface area contributed by atoms with Crippen LogP contribution in [0.4, 0.5) is 5.82 Å². The van der Waals surface area contributed by atoms with Gasteiger partial charge in [0.15, 0.2) is 11.5 Å². The van der Waals surface area contributed by atoms with Gasteiger partial charge in [-0.05, 0) is 77.6 Å². The Labute approximate surface area is 289 Å². The van der Waals surface area contributed by atoms with Crippen molar-refractivity contribution < 1.29 is 4.79 Å². The Morgan fingerprint density at radius 3 is 2.46 bits per heavy atom. The van der Waals surface area contributed by atoms with Crippen LogP contribution >= 0.6 is 0 Å². The molecule has 12 nitrogen and oxygen atoms in total. The number of nitrogens with zero attached hydrogens (tertiary/aromatic N) is 9. The number of carbonyl (C=O) groups is 1. The van der Waals surface area contributed by atoms with Crippen LogP contribution in [0.1, 0.15) is 35.3 Å². The average molecular weight is 669 g/mol. The summed E-state index contributed by atoms with van der Waals surface area (Å²) in [5.74, 6) is 0.824. The number of anilines is 1. The molecule has 2 N–H and O–H groups in total. The molecule has 0 radical (unpaired) electrons. The Bertz CT molecular complexity index is 2340. The van der Waals surface area contributed by atoms with E-state index in [-0.39, 0.29) is 11.4 Å². The van der Waals surface area contributed by atoms with Gasteiger partial charge in [0.05, 0.1) is 22.9 Å². The van der Waals surface area contributed by atoms with E-state index in [0.29, 0.717) is 5.92 Å². The van der Waals surface area contributed by atoms with E-state index in [0.717, 1.165) is 108 Å². The second-order valence-electron chi connectivity index (χ2n) is 13.6. The van der Waals surface area contributed by atoms with Gasteiger partial charge in [-0.3, -0.25) is 28.5 Å². The number of aromatic nitrogens is 7. The van der Waals surface area contributed by atoms with Crippen molar-refractivity contribution in [1.29, 1.82) is 0 Å². The predicted octanol–water partition coefficient (Wildman–Crippen LogP) is 4.39. The molecule has 0 spiro atoms. The highest BCUT2D eigenvalue weighted by molar-refractivity contribution is 6.01. The number of carbonyl (C=O) groups excluding carboxylic acids is 1. The lowest BCUT2D eigenvalue weighted by Gasteiger charge is -2.36. The van der Waals surface area contributed by atoms with Gasteiger partial charge in [0.25, 0.3) is 5.91 Å². The number of amides is 1. The van der Waals surface area contributed by atoms with E-state index in [2.05, 4.69) is 67.6 Å². The molecule has 12 heteroatoms. The number of hydrogen-bond acceptors (Lipinski definition) is 8. The fraction of sp³-hybridized carbons (Fsp3) is 0.316. The zero-order chi connectivity index (χ0) is 34.5. The lowest BCUT2D eigenvalue weighted by Crippen LogP contribution is -2.40. The van der Waals surface area contributed by atoms with Gasteiger partial charge >= 0.3 is 5.69 Å². The largest absolute Gasteiger partial charge is 0.364 e. The van der Waals surface area contributed by atoms with Crippen LogP contribution < -0.4 is 16.3 Å². The molecule has 1 saturated heterocycles. The van der Waals surface area contributed by atoms with Crippen molar-refractivity contribution >= 4 is 39.1 Å². The van der Waals surface area contributed by atoms with Crippen molar-refractivity contribution in [2.75, 3.05) is 37.6 Å². The number of benzene rings is 2. The Morgan fingerprint density at radius 1 is 0.920 bits per heavy atom. The topological polar surface area (TPSA) is 133 Å². The van der Waals surface area contributed by atoms with Crippen molar-refractivity contribution in [3.8, 4) is 22.4 Å². The third kappa shape index (κ3) is 5.75. The van der Waals surface area contributed by atoms with Gasteiger partial charge < -0.3 is 10.6 Å². The second kappa shape index (κ2) is 12.7. The molecule has 6 heterocycles. The summed E-state index contributed by atoms with van der Waals surface area (Å²) >= 11 is 0. The van der Waals surface area contributed by atoms with Gasteiger partial charge in [-0.15, -0.1) is 10.2 Å². The Balaban J connectivity index is 1.04. The summed E-state index contributed by atoms with van der Waals surface area (Å²) in [4.78, 5) is 34.2. The number of nitrogens with two attached hydrogens (primary N) is 1. The van der Waals surface area contributed by atoms with Crippen LogP contribution in [0, 0.1) is 5.92 Å². The van der Waals surface area contributed by atoms with Gasteiger partial charge in [-0.2, -0.15) is 5.10 Å². The number of fused-ring (bicyclic) bond motifs is 2. The third-order valence-corrected chi connectivity index (χ3v) is 10.4. The lowest BCUT2D eigenvalue weighted by atomic mass is 9.91.